The van der Waals surface area contributed by atoms with Crippen molar-refractivity contribution in [2.24, 2.45) is 0 Å². The van der Waals surface area contributed by atoms with E-state index in [1.807, 2.05) is 0 Å². The monoisotopic (exact) mass is 452 g/mol. The first-order chi connectivity index (χ1) is 15.1. The number of carbonyl (C=O) groups is 1. The number of hydrogen-bond acceptors (Lipinski definition) is 8. The van der Waals surface area contributed by atoms with Crippen molar-refractivity contribution < 1.29 is 22.7 Å². The highest BCUT2D eigenvalue weighted by Crippen LogP contribution is 2.37. The number of aromatic nitrogens is 2. The molecule has 31 heavy (non-hydrogen) atoms. The van der Waals surface area contributed by atoms with Gasteiger partial charge in [0, 0.05) is 23.8 Å². The fourth-order valence-corrected chi connectivity index (χ4v) is 6.23. The number of nitrogens with one attached hydrogen (secondary N) is 2. The van der Waals surface area contributed by atoms with Crippen molar-refractivity contribution in [3.63, 3.8) is 0 Å². The fourth-order valence-electron chi connectivity index (χ4n) is 4.58. The Bertz CT molecular complexity index is 840. The molecule has 0 unspecified atom stereocenters. The van der Waals surface area contributed by atoms with Crippen LogP contribution in [0.25, 0.3) is 0 Å². The minimum atomic E-state index is -3.20. The molecule has 2 atom stereocenters. The van der Waals surface area contributed by atoms with Crippen molar-refractivity contribution in [1.29, 1.82) is 0 Å². The molecule has 0 amide bonds. The average Bonchev–Trinajstić information content (AvgIpc) is 3.64. The van der Waals surface area contributed by atoms with Crippen LogP contribution in [0.15, 0.2) is 12.5 Å². The van der Waals surface area contributed by atoms with E-state index in [1.165, 1.54) is 6.33 Å². The van der Waals surface area contributed by atoms with Crippen LogP contribution in [0.1, 0.15) is 62.8 Å². The van der Waals surface area contributed by atoms with Crippen molar-refractivity contribution in [1.82, 2.24) is 20.0 Å². The summed E-state index contributed by atoms with van der Waals surface area (Å²) in [5.41, 5.74) is 0.950. The van der Waals surface area contributed by atoms with Crippen LogP contribution in [0.2, 0.25) is 0 Å². The molecule has 0 bridgehead atoms. The van der Waals surface area contributed by atoms with Gasteiger partial charge in [0.25, 0.3) is 0 Å². The molecule has 0 spiro atoms. The molecular formula is C21H32N4O5S. The summed E-state index contributed by atoms with van der Waals surface area (Å²) in [4.78, 5) is 18.9. The first kappa shape index (κ1) is 22.6. The molecule has 2 aliphatic carbocycles. The molecule has 10 heteroatoms. The first-order valence-electron chi connectivity index (χ1n) is 11.3. The summed E-state index contributed by atoms with van der Waals surface area (Å²) in [6.07, 6.45) is 11.1. The summed E-state index contributed by atoms with van der Waals surface area (Å²) in [5.74, 6) is 0.775. The van der Waals surface area contributed by atoms with Crippen LogP contribution in [-0.4, -0.2) is 67.9 Å². The third-order valence-electron chi connectivity index (χ3n) is 6.48. The highest BCUT2D eigenvalue weighted by Gasteiger charge is 2.39. The number of ether oxygens (including phenoxy) is 2. The first-order valence-corrected chi connectivity index (χ1v) is 12.8. The second kappa shape index (κ2) is 10.3. The van der Waals surface area contributed by atoms with E-state index in [0.717, 1.165) is 63.5 Å². The zero-order valence-corrected chi connectivity index (χ0v) is 18.6. The maximum Gasteiger partial charge on any atom is 0.220 e. The summed E-state index contributed by atoms with van der Waals surface area (Å²) in [6, 6.07) is -0.0967. The average molecular weight is 453 g/mol. The Hall–Kier alpha value is -1.62. The Kier molecular flexibility index (Phi) is 7.52. The molecule has 0 radical (unpaired) electrons. The zero-order valence-electron chi connectivity index (χ0n) is 17.7. The molecule has 2 heterocycles. The maximum absolute atomic E-state index is 12.4. The van der Waals surface area contributed by atoms with Gasteiger partial charge < -0.3 is 14.8 Å². The van der Waals surface area contributed by atoms with Gasteiger partial charge in [0.1, 0.15) is 12.9 Å². The van der Waals surface area contributed by atoms with Crippen molar-refractivity contribution >= 4 is 16.3 Å². The van der Waals surface area contributed by atoms with Crippen LogP contribution in [0.5, 0.6) is 5.88 Å². The SMILES string of the molecule is O=CCOc1ncncc1[C@H]1CC[C@@H](OC[C@@H]2NCCC[C@@H]2NS(=O)(=O)C2CC2)CC1. The Morgan fingerprint density at radius 2 is 1.97 bits per heavy atom. The van der Waals surface area contributed by atoms with Crippen molar-refractivity contribution in [3.8, 4) is 5.88 Å². The van der Waals surface area contributed by atoms with E-state index in [2.05, 4.69) is 20.0 Å². The molecule has 172 valence electrons. The molecule has 1 aromatic heterocycles. The van der Waals surface area contributed by atoms with Crippen molar-refractivity contribution in [2.45, 2.75) is 80.7 Å². The van der Waals surface area contributed by atoms with Gasteiger partial charge in [-0.25, -0.2) is 23.1 Å². The van der Waals surface area contributed by atoms with E-state index in [-0.39, 0.29) is 36.0 Å². The number of carbonyl (C=O) groups excluding carboxylic acids is 1. The normalized spacial score (nSPS) is 29.4. The number of piperidine rings is 1. The molecule has 1 aromatic rings. The summed E-state index contributed by atoms with van der Waals surface area (Å²) in [7, 11) is -3.20. The van der Waals surface area contributed by atoms with E-state index < -0.39 is 10.0 Å². The summed E-state index contributed by atoms with van der Waals surface area (Å²) >= 11 is 0. The minimum absolute atomic E-state index is 0.00543. The van der Waals surface area contributed by atoms with Gasteiger partial charge in [-0.15, -0.1) is 0 Å². The standard InChI is InChI=1S/C21H32N4O5S/c26-10-11-29-21-18(12-22-14-24-21)15-3-5-16(6-4-15)30-13-20-19(2-1-9-23-20)25-31(27,28)17-7-8-17/h10,12,14-17,19-20,23,25H,1-9,11,13H2/t15-,16+,19-,20-/m0/s1. The molecule has 3 fully saturated rings. The van der Waals surface area contributed by atoms with Gasteiger partial charge >= 0.3 is 0 Å². The van der Waals surface area contributed by atoms with Gasteiger partial charge in [0.2, 0.25) is 15.9 Å². The lowest BCUT2D eigenvalue weighted by Gasteiger charge is -2.35. The van der Waals surface area contributed by atoms with Crippen LogP contribution >= 0.6 is 0 Å². The molecule has 2 saturated carbocycles. The lowest BCUT2D eigenvalue weighted by molar-refractivity contribution is -0.109. The summed E-state index contributed by atoms with van der Waals surface area (Å²) in [5, 5.41) is 3.24. The zero-order chi connectivity index (χ0) is 21.7. The van der Waals surface area contributed by atoms with E-state index in [9.17, 15) is 13.2 Å². The molecule has 1 aliphatic heterocycles. The van der Waals surface area contributed by atoms with E-state index in [0.29, 0.717) is 18.8 Å². The van der Waals surface area contributed by atoms with E-state index >= 15 is 0 Å². The third kappa shape index (κ3) is 6.00. The van der Waals surface area contributed by atoms with Gasteiger partial charge in [-0.2, -0.15) is 0 Å². The predicted molar refractivity (Wildman–Crippen MR) is 114 cm³/mol. The van der Waals surface area contributed by atoms with Crippen molar-refractivity contribution in [2.75, 3.05) is 19.8 Å². The van der Waals surface area contributed by atoms with E-state index in [4.69, 9.17) is 9.47 Å². The molecule has 4 rings (SSSR count). The van der Waals surface area contributed by atoms with E-state index in [1.54, 1.807) is 6.20 Å². The number of sulfonamides is 1. The largest absolute Gasteiger partial charge is 0.470 e. The van der Waals surface area contributed by atoms with Gasteiger partial charge in [-0.3, -0.25) is 4.79 Å². The number of nitrogens with zero attached hydrogens (tertiary/aromatic N) is 2. The van der Waals surface area contributed by atoms with Crippen LogP contribution in [-0.2, 0) is 19.6 Å². The Morgan fingerprint density at radius 1 is 1.16 bits per heavy atom. The highest BCUT2D eigenvalue weighted by atomic mass is 32.2. The fraction of sp³-hybridized carbons (Fsp3) is 0.762. The van der Waals surface area contributed by atoms with Gasteiger partial charge in [0.15, 0.2) is 6.29 Å². The lowest BCUT2D eigenvalue weighted by atomic mass is 9.83. The maximum atomic E-state index is 12.4. The number of rotatable bonds is 10. The molecule has 9 nitrogen and oxygen atoms in total. The molecule has 1 saturated heterocycles. The second-order valence-electron chi connectivity index (χ2n) is 8.74. The van der Waals surface area contributed by atoms with Crippen LogP contribution in [0, 0.1) is 0 Å². The Labute approximate surface area is 183 Å². The van der Waals surface area contributed by atoms with Crippen LogP contribution in [0.4, 0.5) is 0 Å². The molecule has 3 aliphatic rings. The molecule has 2 N–H and O–H groups in total. The highest BCUT2D eigenvalue weighted by molar-refractivity contribution is 7.90. The Balaban J connectivity index is 1.26. The summed E-state index contributed by atoms with van der Waals surface area (Å²) < 4.78 is 39.3. The number of aldehydes is 1. The third-order valence-corrected chi connectivity index (χ3v) is 8.46. The van der Waals surface area contributed by atoms with Gasteiger partial charge in [-0.1, -0.05) is 0 Å². The predicted octanol–water partition coefficient (Wildman–Crippen LogP) is 1.30. The van der Waals surface area contributed by atoms with Crippen LogP contribution in [0.3, 0.4) is 0 Å². The quantitative estimate of drug-likeness (QED) is 0.510. The van der Waals surface area contributed by atoms with Gasteiger partial charge in [0.05, 0.1) is 18.0 Å². The second-order valence-corrected chi connectivity index (χ2v) is 10.7. The van der Waals surface area contributed by atoms with Crippen LogP contribution < -0.4 is 14.8 Å². The minimum Gasteiger partial charge on any atom is -0.470 e. The summed E-state index contributed by atoms with van der Waals surface area (Å²) in [6.45, 7) is 1.39. The van der Waals surface area contributed by atoms with Crippen molar-refractivity contribution in [3.05, 3.63) is 18.1 Å². The Morgan fingerprint density at radius 3 is 2.71 bits per heavy atom. The number of hydrogen-bond donors (Lipinski definition) is 2. The lowest BCUT2D eigenvalue weighted by Crippen LogP contribution is -2.56. The smallest absolute Gasteiger partial charge is 0.220 e. The molecular weight excluding hydrogens is 420 g/mol. The topological polar surface area (TPSA) is 120 Å². The van der Waals surface area contributed by atoms with Gasteiger partial charge in [-0.05, 0) is 63.8 Å². The molecule has 0 aromatic carbocycles.